The summed E-state index contributed by atoms with van der Waals surface area (Å²) in [5.41, 5.74) is 1.69. The third kappa shape index (κ3) is 3.13. The minimum Gasteiger partial charge on any atom is -0.485 e. The highest BCUT2D eigenvalue weighted by Crippen LogP contribution is 2.19. The van der Waals surface area contributed by atoms with Gasteiger partial charge in [0, 0.05) is 13.2 Å². The van der Waals surface area contributed by atoms with E-state index in [1.165, 1.54) is 0 Å². The van der Waals surface area contributed by atoms with Crippen LogP contribution in [0.25, 0.3) is 0 Å². The predicted molar refractivity (Wildman–Crippen MR) is 75.6 cm³/mol. The largest absolute Gasteiger partial charge is 0.485 e. The van der Waals surface area contributed by atoms with Crippen LogP contribution in [0.3, 0.4) is 0 Å². The molecule has 3 heteroatoms. The molecule has 0 N–H and O–H groups in total. The number of nitrogens with zero attached hydrogens (tertiary/aromatic N) is 1. The zero-order valence-corrected chi connectivity index (χ0v) is 11.0. The van der Waals surface area contributed by atoms with E-state index in [2.05, 4.69) is 6.58 Å². The minimum atomic E-state index is -0.0269. The smallest absolute Gasteiger partial charge is 0.216 e. The summed E-state index contributed by atoms with van der Waals surface area (Å²) in [6.45, 7) is 3.77. The Bertz CT molecular complexity index is 584. The van der Waals surface area contributed by atoms with E-state index >= 15 is 0 Å². The van der Waals surface area contributed by atoms with Crippen molar-refractivity contribution in [3.05, 3.63) is 66.5 Å². The summed E-state index contributed by atoms with van der Waals surface area (Å²) < 4.78 is 7.41. The number of rotatable bonds is 6. The molecule has 0 saturated heterocycles. The fourth-order valence-electron chi connectivity index (χ4n) is 1.94. The van der Waals surface area contributed by atoms with Crippen LogP contribution in [0.2, 0.25) is 0 Å². The van der Waals surface area contributed by atoms with E-state index < -0.39 is 0 Å². The van der Waals surface area contributed by atoms with Gasteiger partial charge in [-0.2, -0.15) is 0 Å². The van der Waals surface area contributed by atoms with E-state index in [0.717, 1.165) is 17.7 Å². The Balaban J connectivity index is 2.05. The second kappa shape index (κ2) is 6.05. The number of carbonyl (C=O) groups is 1. The van der Waals surface area contributed by atoms with Crippen molar-refractivity contribution in [2.75, 3.05) is 6.61 Å². The maximum atomic E-state index is 12.0. The summed E-state index contributed by atoms with van der Waals surface area (Å²) in [5.74, 6) is 0.714. The standard InChI is InChI=1S/C16H17NO2/c1-3-7-13-8-4-5-10-16(13)19-12-15(18)14-9-6-11-17(14)2/h3-6,8-11H,1,7,12H2,2H3. The maximum absolute atomic E-state index is 12.0. The van der Waals surface area contributed by atoms with Crippen LogP contribution in [-0.4, -0.2) is 17.0 Å². The molecule has 0 aliphatic rings. The summed E-state index contributed by atoms with van der Waals surface area (Å²) in [6.07, 6.45) is 4.40. The van der Waals surface area contributed by atoms with Crippen LogP contribution in [0.4, 0.5) is 0 Å². The van der Waals surface area contributed by atoms with Gasteiger partial charge >= 0.3 is 0 Å². The first-order chi connectivity index (χ1) is 9.22. The van der Waals surface area contributed by atoms with Crippen molar-refractivity contribution < 1.29 is 9.53 Å². The van der Waals surface area contributed by atoms with E-state index in [-0.39, 0.29) is 12.4 Å². The van der Waals surface area contributed by atoms with Crippen LogP contribution in [0, 0.1) is 0 Å². The average Bonchev–Trinajstić information content (AvgIpc) is 2.84. The van der Waals surface area contributed by atoms with E-state index in [4.69, 9.17) is 4.74 Å². The first-order valence-corrected chi connectivity index (χ1v) is 6.18. The Labute approximate surface area is 113 Å². The number of allylic oxidation sites excluding steroid dienone is 1. The van der Waals surface area contributed by atoms with Crippen molar-refractivity contribution in [3.63, 3.8) is 0 Å². The van der Waals surface area contributed by atoms with E-state index in [1.54, 1.807) is 10.6 Å². The molecule has 0 bridgehead atoms. The van der Waals surface area contributed by atoms with Gasteiger partial charge in [0.2, 0.25) is 5.78 Å². The predicted octanol–water partition coefficient (Wildman–Crippen LogP) is 3.02. The fraction of sp³-hybridized carbons (Fsp3) is 0.188. The average molecular weight is 255 g/mol. The lowest BCUT2D eigenvalue weighted by atomic mass is 10.1. The van der Waals surface area contributed by atoms with Gasteiger partial charge in [0.15, 0.2) is 6.61 Å². The van der Waals surface area contributed by atoms with Gasteiger partial charge in [-0.1, -0.05) is 24.3 Å². The molecule has 1 aromatic carbocycles. The normalized spacial score (nSPS) is 10.2. The zero-order valence-electron chi connectivity index (χ0n) is 11.0. The molecule has 0 spiro atoms. The summed E-state index contributed by atoms with van der Waals surface area (Å²) in [6, 6.07) is 11.3. The van der Waals surface area contributed by atoms with Crippen molar-refractivity contribution in [3.8, 4) is 5.75 Å². The lowest BCUT2D eigenvalue weighted by Crippen LogP contribution is -2.15. The molecule has 0 fully saturated rings. The van der Waals surface area contributed by atoms with Crippen molar-refractivity contribution in [1.82, 2.24) is 4.57 Å². The third-order valence-corrected chi connectivity index (χ3v) is 2.93. The topological polar surface area (TPSA) is 31.2 Å². The number of aryl methyl sites for hydroxylation is 1. The number of para-hydroxylation sites is 1. The molecular weight excluding hydrogens is 238 g/mol. The van der Waals surface area contributed by atoms with Gasteiger partial charge in [-0.25, -0.2) is 0 Å². The number of aromatic nitrogens is 1. The van der Waals surface area contributed by atoms with Crippen molar-refractivity contribution in [2.24, 2.45) is 7.05 Å². The van der Waals surface area contributed by atoms with Crippen LogP contribution >= 0.6 is 0 Å². The molecule has 0 unspecified atom stereocenters. The zero-order chi connectivity index (χ0) is 13.7. The Kier molecular flexibility index (Phi) is 4.18. The first-order valence-electron chi connectivity index (χ1n) is 6.18. The van der Waals surface area contributed by atoms with E-state index in [0.29, 0.717) is 5.69 Å². The highest BCUT2D eigenvalue weighted by Gasteiger charge is 2.10. The van der Waals surface area contributed by atoms with Gasteiger partial charge in [-0.05, 0) is 30.2 Å². The van der Waals surface area contributed by atoms with Crippen molar-refractivity contribution in [1.29, 1.82) is 0 Å². The SMILES string of the molecule is C=CCc1ccccc1OCC(=O)c1cccn1C. The molecule has 19 heavy (non-hydrogen) atoms. The Morgan fingerprint density at radius 3 is 2.79 bits per heavy atom. The number of Topliss-reactive ketones (excluding diaryl/α,β-unsaturated/α-hetero) is 1. The van der Waals surface area contributed by atoms with Crippen molar-refractivity contribution >= 4 is 5.78 Å². The van der Waals surface area contributed by atoms with Gasteiger partial charge in [0.1, 0.15) is 5.75 Å². The monoisotopic (exact) mass is 255 g/mol. The van der Waals surface area contributed by atoms with Crippen molar-refractivity contribution in [2.45, 2.75) is 6.42 Å². The Hall–Kier alpha value is -2.29. The Morgan fingerprint density at radius 2 is 2.11 bits per heavy atom. The minimum absolute atomic E-state index is 0.0269. The molecule has 0 aliphatic carbocycles. The molecular formula is C16H17NO2. The summed E-state index contributed by atoms with van der Waals surface area (Å²) in [5, 5.41) is 0. The van der Waals surface area contributed by atoms with E-state index in [9.17, 15) is 4.79 Å². The van der Waals surface area contributed by atoms with Crippen LogP contribution in [0.5, 0.6) is 5.75 Å². The molecule has 0 saturated carbocycles. The van der Waals surface area contributed by atoms with Gasteiger partial charge in [-0.3, -0.25) is 4.79 Å². The molecule has 0 aliphatic heterocycles. The highest BCUT2D eigenvalue weighted by atomic mass is 16.5. The van der Waals surface area contributed by atoms with Crippen LogP contribution in [0.15, 0.2) is 55.3 Å². The first kappa shape index (κ1) is 13.1. The van der Waals surface area contributed by atoms with E-state index in [1.807, 2.05) is 49.7 Å². The molecule has 0 amide bonds. The second-order valence-corrected chi connectivity index (χ2v) is 4.32. The molecule has 2 rings (SSSR count). The quantitative estimate of drug-likeness (QED) is 0.587. The van der Waals surface area contributed by atoms with Gasteiger partial charge in [-0.15, -0.1) is 6.58 Å². The number of benzene rings is 1. The fourth-order valence-corrected chi connectivity index (χ4v) is 1.94. The van der Waals surface area contributed by atoms with Gasteiger partial charge in [0.05, 0.1) is 5.69 Å². The molecule has 0 radical (unpaired) electrons. The summed E-state index contributed by atoms with van der Waals surface area (Å²) >= 11 is 0. The maximum Gasteiger partial charge on any atom is 0.216 e. The highest BCUT2D eigenvalue weighted by molar-refractivity contribution is 5.95. The van der Waals surface area contributed by atoms with Crippen LogP contribution in [0.1, 0.15) is 16.1 Å². The number of carbonyl (C=O) groups excluding carboxylic acids is 1. The summed E-state index contributed by atoms with van der Waals surface area (Å²) in [7, 11) is 1.85. The molecule has 0 atom stereocenters. The lowest BCUT2D eigenvalue weighted by molar-refractivity contribution is 0.0913. The Morgan fingerprint density at radius 1 is 1.32 bits per heavy atom. The lowest BCUT2D eigenvalue weighted by Gasteiger charge is -2.10. The second-order valence-electron chi connectivity index (χ2n) is 4.32. The third-order valence-electron chi connectivity index (χ3n) is 2.93. The molecule has 2 aromatic rings. The molecule has 1 heterocycles. The summed E-state index contributed by atoms with van der Waals surface area (Å²) in [4.78, 5) is 12.0. The molecule has 1 aromatic heterocycles. The molecule has 98 valence electrons. The number of ether oxygens (including phenoxy) is 1. The van der Waals surface area contributed by atoms with Crippen LogP contribution in [-0.2, 0) is 13.5 Å². The van der Waals surface area contributed by atoms with Gasteiger partial charge in [0.25, 0.3) is 0 Å². The number of ketones is 1. The molecule has 3 nitrogen and oxygen atoms in total. The van der Waals surface area contributed by atoms with Crippen LogP contribution < -0.4 is 4.74 Å². The van der Waals surface area contributed by atoms with Gasteiger partial charge < -0.3 is 9.30 Å². The number of hydrogen-bond acceptors (Lipinski definition) is 2. The number of hydrogen-bond donors (Lipinski definition) is 0.